The minimum atomic E-state index is -0.328. The summed E-state index contributed by atoms with van der Waals surface area (Å²) in [6, 6.07) is 6.92. The van der Waals surface area contributed by atoms with Crippen molar-refractivity contribution in [2.45, 2.75) is 6.04 Å². The molecule has 6 heteroatoms. The van der Waals surface area contributed by atoms with Crippen LogP contribution in [-0.4, -0.2) is 24.6 Å². The molecule has 0 aliphatic carbocycles. The Balaban J connectivity index is 0.00000128. The first-order valence-corrected chi connectivity index (χ1v) is 4.96. The molecule has 0 radical (unpaired) electrons. The van der Waals surface area contributed by atoms with Gasteiger partial charge in [-0.25, -0.2) is 0 Å². The van der Waals surface area contributed by atoms with Gasteiger partial charge in [0.2, 0.25) is 0 Å². The van der Waals surface area contributed by atoms with Crippen molar-refractivity contribution < 1.29 is 4.92 Å². The number of rotatable bonds is 2. The van der Waals surface area contributed by atoms with Crippen molar-refractivity contribution in [3.63, 3.8) is 0 Å². The molecular weight excluding hydrogens is 230 g/mol. The Kier molecular flexibility index (Phi) is 4.67. The van der Waals surface area contributed by atoms with Crippen LogP contribution in [0.5, 0.6) is 0 Å². The topological polar surface area (TPSA) is 67.2 Å². The van der Waals surface area contributed by atoms with Gasteiger partial charge in [0.1, 0.15) is 0 Å². The van der Waals surface area contributed by atoms with Crippen molar-refractivity contribution >= 4 is 18.1 Å². The van der Waals surface area contributed by atoms with Gasteiger partial charge in [-0.05, 0) is 0 Å². The molecule has 1 atom stereocenters. The van der Waals surface area contributed by atoms with Gasteiger partial charge in [0, 0.05) is 31.3 Å². The Morgan fingerprint density at radius 2 is 2.06 bits per heavy atom. The molecule has 16 heavy (non-hydrogen) atoms. The van der Waals surface area contributed by atoms with Gasteiger partial charge in [0.15, 0.2) is 0 Å². The third kappa shape index (κ3) is 2.69. The van der Waals surface area contributed by atoms with Crippen LogP contribution in [0.1, 0.15) is 11.6 Å². The summed E-state index contributed by atoms with van der Waals surface area (Å²) in [5.41, 5.74) is 0.952. The van der Waals surface area contributed by atoms with Gasteiger partial charge < -0.3 is 10.6 Å². The molecule has 1 fully saturated rings. The molecule has 2 rings (SSSR count). The second-order valence-electron chi connectivity index (χ2n) is 3.53. The summed E-state index contributed by atoms with van der Waals surface area (Å²) in [4.78, 5) is 10.5. The van der Waals surface area contributed by atoms with Crippen molar-refractivity contribution in [2.75, 3.05) is 19.6 Å². The highest BCUT2D eigenvalue weighted by molar-refractivity contribution is 5.85. The molecule has 5 nitrogen and oxygen atoms in total. The van der Waals surface area contributed by atoms with E-state index in [0.717, 1.165) is 25.2 Å². The summed E-state index contributed by atoms with van der Waals surface area (Å²) < 4.78 is 0. The molecule has 0 unspecified atom stereocenters. The molecule has 0 spiro atoms. The minimum absolute atomic E-state index is 0. The lowest BCUT2D eigenvalue weighted by Crippen LogP contribution is -2.42. The van der Waals surface area contributed by atoms with Crippen LogP contribution in [0.25, 0.3) is 0 Å². The fourth-order valence-electron chi connectivity index (χ4n) is 1.82. The standard InChI is InChI=1S/C10H13N3O2.ClH/c14-13(15)10-4-2-1-3-8(10)9-7-11-5-6-12-9;/h1-4,9,11-12H,5-7H2;1H/t9-;/m0./s1. The second-order valence-corrected chi connectivity index (χ2v) is 3.53. The van der Waals surface area contributed by atoms with Crippen LogP contribution >= 0.6 is 12.4 Å². The maximum Gasteiger partial charge on any atom is 0.274 e. The van der Waals surface area contributed by atoms with E-state index in [2.05, 4.69) is 10.6 Å². The number of nitrogens with zero attached hydrogens (tertiary/aromatic N) is 1. The molecule has 1 aromatic rings. The van der Waals surface area contributed by atoms with Crippen LogP contribution in [0.2, 0.25) is 0 Å². The summed E-state index contributed by atoms with van der Waals surface area (Å²) >= 11 is 0. The fraction of sp³-hybridized carbons (Fsp3) is 0.400. The van der Waals surface area contributed by atoms with Crippen LogP contribution in [0.4, 0.5) is 5.69 Å². The molecule has 0 saturated carbocycles. The number of halogens is 1. The number of benzene rings is 1. The van der Waals surface area contributed by atoms with Crippen molar-refractivity contribution in [1.29, 1.82) is 0 Å². The first kappa shape index (κ1) is 12.9. The normalized spacial score (nSPS) is 19.9. The van der Waals surface area contributed by atoms with E-state index in [0.29, 0.717) is 0 Å². The Hall–Kier alpha value is -1.17. The third-order valence-corrected chi connectivity index (χ3v) is 2.55. The molecule has 1 aliphatic heterocycles. The van der Waals surface area contributed by atoms with E-state index in [-0.39, 0.29) is 29.1 Å². The number of nitro groups is 1. The summed E-state index contributed by atoms with van der Waals surface area (Å²) in [6.45, 7) is 2.50. The van der Waals surface area contributed by atoms with Crippen LogP contribution in [0.3, 0.4) is 0 Å². The zero-order chi connectivity index (χ0) is 10.7. The first-order valence-electron chi connectivity index (χ1n) is 4.96. The van der Waals surface area contributed by atoms with Crippen LogP contribution in [-0.2, 0) is 0 Å². The van der Waals surface area contributed by atoms with E-state index < -0.39 is 0 Å². The lowest BCUT2D eigenvalue weighted by molar-refractivity contribution is -0.385. The maximum absolute atomic E-state index is 10.8. The van der Waals surface area contributed by atoms with Gasteiger partial charge in [-0.1, -0.05) is 18.2 Å². The van der Waals surface area contributed by atoms with Crippen molar-refractivity contribution in [3.05, 3.63) is 39.9 Å². The average molecular weight is 244 g/mol. The van der Waals surface area contributed by atoms with E-state index >= 15 is 0 Å². The number of para-hydroxylation sites is 1. The highest BCUT2D eigenvalue weighted by Crippen LogP contribution is 2.24. The number of hydrogen-bond donors (Lipinski definition) is 2. The van der Waals surface area contributed by atoms with Gasteiger partial charge in [-0.15, -0.1) is 12.4 Å². The predicted molar refractivity (Wildman–Crippen MR) is 64.0 cm³/mol. The highest BCUT2D eigenvalue weighted by Gasteiger charge is 2.22. The SMILES string of the molecule is Cl.O=[N+]([O-])c1ccccc1[C@@H]1CNCCN1. The van der Waals surface area contributed by atoms with Crippen LogP contribution in [0, 0.1) is 10.1 Å². The average Bonchev–Trinajstić information content (AvgIpc) is 2.30. The molecule has 1 heterocycles. The van der Waals surface area contributed by atoms with Gasteiger partial charge in [-0.2, -0.15) is 0 Å². The molecule has 0 amide bonds. The summed E-state index contributed by atoms with van der Waals surface area (Å²) in [5, 5.41) is 17.3. The summed E-state index contributed by atoms with van der Waals surface area (Å²) in [6.07, 6.45) is 0. The molecule has 1 aliphatic rings. The largest absolute Gasteiger partial charge is 0.314 e. The molecule has 1 saturated heterocycles. The lowest BCUT2D eigenvalue weighted by Gasteiger charge is -2.24. The van der Waals surface area contributed by atoms with Gasteiger partial charge >= 0.3 is 0 Å². The van der Waals surface area contributed by atoms with E-state index in [9.17, 15) is 10.1 Å². The maximum atomic E-state index is 10.8. The van der Waals surface area contributed by atoms with E-state index in [4.69, 9.17) is 0 Å². The van der Waals surface area contributed by atoms with Crippen molar-refractivity contribution in [2.24, 2.45) is 0 Å². The quantitative estimate of drug-likeness (QED) is 0.606. The third-order valence-electron chi connectivity index (χ3n) is 2.55. The molecule has 2 N–H and O–H groups in total. The van der Waals surface area contributed by atoms with E-state index in [1.165, 1.54) is 0 Å². The lowest BCUT2D eigenvalue weighted by atomic mass is 10.0. The number of nitrogens with one attached hydrogen (secondary N) is 2. The van der Waals surface area contributed by atoms with Gasteiger partial charge in [0.25, 0.3) is 5.69 Å². The molecular formula is C10H14ClN3O2. The number of nitro benzene ring substituents is 1. The Morgan fingerprint density at radius 3 is 2.69 bits per heavy atom. The number of hydrogen-bond acceptors (Lipinski definition) is 4. The smallest absolute Gasteiger partial charge is 0.274 e. The second kappa shape index (κ2) is 5.79. The number of piperazine rings is 1. The highest BCUT2D eigenvalue weighted by atomic mass is 35.5. The van der Waals surface area contributed by atoms with Crippen molar-refractivity contribution in [3.8, 4) is 0 Å². The van der Waals surface area contributed by atoms with Gasteiger partial charge in [0.05, 0.1) is 11.0 Å². The predicted octanol–water partition coefficient (Wildman–Crippen LogP) is 1.25. The minimum Gasteiger partial charge on any atom is -0.314 e. The Bertz CT molecular complexity index is 367. The first-order chi connectivity index (χ1) is 7.29. The Morgan fingerprint density at radius 1 is 1.31 bits per heavy atom. The molecule has 0 bridgehead atoms. The van der Waals surface area contributed by atoms with E-state index in [1.807, 2.05) is 12.1 Å². The fourth-order valence-corrected chi connectivity index (χ4v) is 1.82. The zero-order valence-corrected chi connectivity index (χ0v) is 9.50. The molecule has 1 aromatic carbocycles. The summed E-state index contributed by atoms with van der Waals surface area (Å²) in [7, 11) is 0. The van der Waals surface area contributed by atoms with E-state index in [1.54, 1.807) is 12.1 Å². The van der Waals surface area contributed by atoms with Crippen LogP contribution < -0.4 is 10.6 Å². The molecule has 0 aromatic heterocycles. The molecule has 88 valence electrons. The Labute approximate surface area is 99.8 Å². The van der Waals surface area contributed by atoms with Crippen LogP contribution in [0.15, 0.2) is 24.3 Å². The van der Waals surface area contributed by atoms with Crippen molar-refractivity contribution in [1.82, 2.24) is 10.6 Å². The zero-order valence-electron chi connectivity index (χ0n) is 8.68. The summed E-state index contributed by atoms with van der Waals surface area (Å²) in [5.74, 6) is 0. The van der Waals surface area contributed by atoms with Gasteiger partial charge in [-0.3, -0.25) is 10.1 Å². The monoisotopic (exact) mass is 243 g/mol.